The van der Waals surface area contributed by atoms with E-state index in [2.05, 4.69) is 46.9 Å². The van der Waals surface area contributed by atoms with Crippen molar-refractivity contribution in [2.45, 2.75) is 38.8 Å². The predicted octanol–water partition coefficient (Wildman–Crippen LogP) is 5.57. The number of halogens is 2. The smallest absolute Gasteiger partial charge is 0.408 e. The molecule has 6 nitrogen and oxygen atoms in total. The molecule has 0 fully saturated rings. The molecule has 1 aromatic carbocycles. The van der Waals surface area contributed by atoms with Crippen LogP contribution in [-0.2, 0) is 4.74 Å². The summed E-state index contributed by atoms with van der Waals surface area (Å²) in [4.78, 5) is 20.5. The van der Waals surface area contributed by atoms with Crippen molar-refractivity contribution < 1.29 is 9.53 Å². The van der Waals surface area contributed by atoms with Gasteiger partial charge in [0.05, 0.1) is 17.4 Å². The maximum Gasteiger partial charge on any atom is 0.408 e. The molecular weight excluding hydrogens is 499 g/mol. The highest BCUT2D eigenvalue weighted by molar-refractivity contribution is 14.2. The number of nitrogens with zero attached hydrogens (tertiary/aromatic N) is 3. The average Bonchev–Trinajstić information content (AvgIpc) is 2.60. The second kappa shape index (κ2) is 8.40. The van der Waals surface area contributed by atoms with Crippen molar-refractivity contribution in [3.05, 3.63) is 41.3 Å². The number of nitrogens with one attached hydrogen (secondary N) is 1. The van der Waals surface area contributed by atoms with Crippen molar-refractivity contribution in [1.29, 1.82) is 0 Å². The molecule has 0 saturated carbocycles. The zero-order valence-corrected chi connectivity index (χ0v) is 18.9. The Bertz CT molecular complexity index is 846. The molecule has 1 aromatic heterocycles. The summed E-state index contributed by atoms with van der Waals surface area (Å²) < 4.78 is 7.62. The Balaban J connectivity index is 1.90. The van der Waals surface area contributed by atoms with E-state index in [4.69, 9.17) is 16.3 Å². The van der Waals surface area contributed by atoms with Crippen molar-refractivity contribution in [3.63, 3.8) is 0 Å². The Morgan fingerprint density at radius 1 is 1.41 bits per heavy atom. The molecule has 1 aliphatic heterocycles. The van der Waals surface area contributed by atoms with Crippen LogP contribution in [0.1, 0.15) is 38.8 Å². The summed E-state index contributed by atoms with van der Waals surface area (Å²) in [6.45, 7) is 6.38. The molecule has 2 aromatic rings. The third kappa shape index (κ3) is 5.17. The van der Waals surface area contributed by atoms with Crippen LogP contribution in [0.25, 0.3) is 11.3 Å². The maximum absolute atomic E-state index is 12.2. The summed E-state index contributed by atoms with van der Waals surface area (Å²) in [7, 11) is 1.63. The van der Waals surface area contributed by atoms with Crippen molar-refractivity contribution in [1.82, 2.24) is 15.3 Å². The number of benzene rings is 1. The first-order valence-electron chi connectivity index (χ1n) is 8.45. The summed E-state index contributed by atoms with van der Waals surface area (Å²) in [5.74, 6) is 0. The minimum absolute atomic E-state index is 0.0994. The fraction of sp³-hybridized carbons (Fsp3) is 0.389. The number of anilines is 1. The standard InChI is InChI=1S/C18H20ClIN4O2S/c1-18(2,3)26-17(25)23-14-7-9-24(27-20)15-10-11(4-5-12(14)15)13-6-8-21-16(19)22-13/h4-6,8,10,14H,7,9H2,1-3H3,(H,23,25). The highest BCUT2D eigenvalue weighted by Crippen LogP contribution is 2.41. The zero-order valence-electron chi connectivity index (χ0n) is 15.2. The van der Waals surface area contributed by atoms with Crippen LogP contribution < -0.4 is 9.62 Å². The Kier molecular flexibility index (Phi) is 6.37. The first kappa shape index (κ1) is 20.5. The number of ether oxygens (including phenoxy) is 1. The first-order valence-corrected chi connectivity index (χ1v) is 12.1. The van der Waals surface area contributed by atoms with Gasteiger partial charge in [0.15, 0.2) is 0 Å². The molecule has 0 spiro atoms. The molecule has 1 atom stereocenters. The molecule has 27 heavy (non-hydrogen) atoms. The van der Waals surface area contributed by atoms with Crippen LogP contribution in [0.4, 0.5) is 10.5 Å². The zero-order chi connectivity index (χ0) is 19.6. The summed E-state index contributed by atoms with van der Waals surface area (Å²) in [6.07, 6.45) is 2.05. The lowest BCUT2D eigenvalue weighted by Crippen LogP contribution is -2.38. The van der Waals surface area contributed by atoms with Crippen molar-refractivity contribution >= 4 is 53.7 Å². The van der Waals surface area contributed by atoms with Crippen LogP contribution >= 0.6 is 41.9 Å². The summed E-state index contributed by atoms with van der Waals surface area (Å²) in [5, 5.41) is 3.22. The topological polar surface area (TPSA) is 67.3 Å². The molecule has 1 amide bonds. The van der Waals surface area contributed by atoms with Crippen LogP contribution in [-0.4, -0.2) is 28.2 Å². The van der Waals surface area contributed by atoms with E-state index < -0.39 is 11.7 Å². The summed E-state index contributed by atoms with van der Waals surface area (Å²) in [5.41, 5.74) is 3.29. The Morgan fingerprint density at radius 2 is 2.19 bits per heavy atom. The minimum Gasteiger partial charge on any atom is -0.444 e. The van der Waals surface area contributed by atoms with E-state index >= 15 is 0 Å². The highest BCUT2D eigenvalue weighted by Gasteiger charge is 2.28. The number of aromatic nitrogens is 2. The van der Waals surface area contributed by atoms with Gasteiger partial charge in [-0.2, -0.15) is 0 Å². The second-order valence-corrected chi connectivity index (χ2v) is 9.24. The van der Waals surface area contributed by atoms with E-state index in [0.717, 1.165) is 35.5 Å². The number of carbonyl (C=O) groups is 1. The number of hydrogen-bond donors (Lipinski definition) is 1. The highest BCUT2D eigenvalue weighted by atomic mass is 127. The van der Waals surface area contributed by atoms with Gasteiger partial charge in [0.1, 0.15) is 5.60 Å². The molecule has 1 unspecified atom stereocenters. The molecule has 144 valence electrons. The van der Waals surface area contributed by atoms with Gasteiger partial charge in [0.2, 0.25) is 5.28 Å². The molecule has 0 aliphatic carbocycles. The lowest BCUT2D eigenvalue weighted by molar-refractivity contribution is 0.0501. The summed E-state index contributed by atoms with van der Waals surface area (Å²) in [6, 6.07) is 7.82. The SMILES string of the molecule is CC(C)(C)OC(=O)NC1CCN(SI)c2cc(-c3ccnc(Cl)n3)ccc21. The number of rotatable bonds is 3. The number of fused-ring (bicyclic) bond motifs is 1. The summed E-state index contributed by atoms with van der Waals surface area (Å²) >= 11 is 8.20. The molecule has 2 heterocycles. The molecule has 9 heteroatoms. The van der Waals surface area contributed by atoms with Gasteiger partial charge in [-0.15, -0.1) is 0 Å². The first-order chi connectivity index (χ1) is 12.8. The molecular formula is C18H20ClIN4O2S. The van der Waals surface area contributed by atoms with Crippen LogP contribution in [0.5, 0.6) is 0 Å². The van der Waals surface area contributed by atoms with E-state index in [1.165, 1.54) is 0 Å². The number of amides is 1. The molecule has 0 radical (unpaired) electrons. The van der Waals surface area contributed by atoms with Crippen LogP contribution in [0.2, 0.25) is 5.28 Å². The second-order valence-electron chi connectivity index (χ2n) is 7.14. The van der Waals surface area contributed by atoms with Gasteiger partial charge in [-0.1, -0.05) is 12.1 Å². The quantitative estimate of drug-likeness (QED) is 0.325. The Hall–Kier alpha value is -1.26. The average molecular weight is 519 g/mol. The van der Waals surface area contributed by atoms with Crippen LogP contribution in [0.3, 0.4) is 0 Å². The van der Waals surface area contributed by atoms with E-state index in [1.54, 1.807) is 15.3 Å². The predicted molar refractivity (Wildman–Crippen MR) is 118 cm³/mol. The Labute approximate surface area is 180 Å². The van der Waals surface area contributed by atoms with Crippen LogP contribution in [0, 0.1) is 0 Å². The lowest BCUT2D eigenvalue weighted by atomic mass is 9.95. The van der Waals surface area contributed by atoms with Gasteiger partial charge in [0.25, 0.3) is 0 Å². The minimum atomic E-state index is -0.526. The van der Waals surface area contributed by atoms with Crippen molar-refractivity contribution in [2.24, 2.45) is 0 Å². The molecule has 0 saturated heterocycles. The molecule has 0 bridgehead atoms. The van der Waals surface area contributed by atoms with Crippen molar-refractivity contribution in [3.8, 4) is 11.3 Å². The fourth-order valence-electron chi connectivity index (χ4n) is 2.90. The largest absolute Gasteiger partial charge is 0.444 e. The lowest BCUT2D eigenvalue weighted by Gasteiger charge is -2.34. The fourth-order valence-corrected chi connectivity index (χ4v) is 4.68. The van der Waals surface area contributed by atoms with Gasteiger partial charge < -0.3 is 14.4 Å². The van der Waals surface area contributed by atoms with Gasteiger partial charge in [-0.05, 0) is 56.5 Å². The van der Waals surface area contributed by atoms with E-state index in [0.29, 0.717) is 0 Å². The molecule has 3 rings (SSSR count). The number of hydrogen-bond acceptors (Lipinski definition) is 6. The van der Waals surface area contributed by atoms with Gasteiger partial charge in [0, 0.05) is 48.6 Å². The monoisotopic (exact) mass is 518 g/mol. The van der Waals surface area contributed by atoms with Gasteiger partial charge in [-0.3, -0.25) is 0 Å². The van der Waals surface area contributed by atoms with E-state index in [-0.39, 0.29) is 11.3 Å². The van der Waals surface area contributed by atoms with Crippen molar-refractivity contribution in [2.75, 3.05) is 10.8 Å². The number of alkyl carbamates (subject to hydrolysis) is 1. The van der Waals surface area contributed by atoms with Crippen LogP contribution in [0.15, 0.2) is 30.5 Å². The molecule has 1 aliphatic rings. The normalized spacial score (nSPS) is 16.6. The van der Waals surface area contributed by atoms with Gasteiger partial charge >= 0.3 is 6.09 Å². The van der Waals surface area contributed by atoms with E-state index in [1.807, 2.05) is 39.0 Å². The number of carbonyl (C=O) groups excluding carboxylic acids is 1. The Morgan fingerprint density at radius 3 is 2.85 bits per heavy atom. The van der Waals surface area contributed by atoms with Gasteiger partial charge in [-0.25, -0.2) is 14.8 Å². The molecule has 1 N–H and O–H groups in total. The third-order valence-corrected chi connectivity index (χ3v) is 6.15. The third-order valence-electron chi connectivity index (χ3n) is 3.99. The van der Waals surface area contributed by atoms with E-state index in [9.17, 15) is 4.79 Å². The maximum atomic E-state index is 12.2.